The lowest BCUT2D eigenvalue weighted by molar-refractivity contribution is 0.193. The minimum absolute atomic E-state index is 0.293. The number of aromatic nitrogens is 3. The molecule has 0 bridgehead atoms. The van der Waals surface area contributed by atoms with E-state index in [-0.39, 0.29) is 0 Å². The van der Waals surface area contributed by atoms with Crippen LogP contribution in [0.1, 0.15) is 48.8 Å². The Kier molecular flexibility index (Phi) is 4.14. The van der Waals surface area contributed by atoms with Crippen molar-refractivity contribution < 1.29 is 4.74 Å². The topological polar surface area (TPSA) is 63.7 Å². The van der Waals surface area contributed by atoms with E-state index >= 15 is 0 Å². The highest BCUT2D eigenvalue weighted by Crippen LogP contribution is 2.26. The summed E-state index contributed by atoms with van der Waals surface area (Å²) in [5, 5.41) is 13.8. The molecule has 0 saturated carbocycles. The standard InChI is InChI=1S/C19H20N4O/c20-12-15-5-7-17(8-6-15)23-18(11-14-3-1-2-4-14)21-19(22-23)16-9-10-24-13-16/h3,5-8,16H,1-2,4,9-11,13H2/t16-/m0/s1. The first-order chi connectivity index (χ1) is 11.8. The third kappa shape index (κ3) is 2.98. The van der Waals surface area contributed by atoms with Crippen LogP contribution in [-0.2, 0) is 11.2 Å². The Morgan fingerprint density at radius 3 is 2.83 bits per heavy atom. The zero-order chi connectivity index (χ0) is 16.4. The smallest absolute Gasteiger partial charge is 0.156 e. The van der Waals surface area contributed by atoms with Crippen molar-refractivity contribution in [2.45, 2.75) is 38.0 Å². The van der Waals surface area contributed by atoms with E-state index in [4.69, 9.17) is 20.1 Å². The highest BCUT2D eigenvalue weighted by Gasteiger charge is 2.24. The number of allylic oxidation sites excluding steroid dienone is 2. The van der Waals surface area contributed by atoms with E-state index in [0.717, 1.165) is 43.2 Å². The van der Waals surface area contributed by atoms with Gasteiger partial charge in [0.25, 0.3) is 0 Å². The SMILES string of the molecule is N#Cc1ccc(-n2nc([C@H]3CCOC3)nc2CC2=CCCC2)cc1. The van der Waals surface area contributed by atoms with Crippen LogP contribution in [0.3, 0.4) is 0 Å². The lowest BCUT2D eigenvalue weighted by Crippen LogP contribution is -2.04. The van der Waals surface area contributed by atoms with E-state index in [2.05, 4.69) is 12.1 Å². The minimum atomic E-state index is 0.293. The van der Waals surface area contributed by atoms with E-state index in [1.807, 2.05) is 28.9 Å². The molecule has 1 aromatic carbocycles. The van der Waals surface area contributed by atoms with Crippen molar-refractivity contribution in [2.75, 3.05) is 13.2 Å². The predicted octanol–water partition coefficient (Wildman–Crippen LogP) is 3.30. The van der Waals surface area contributed by atoms with E-state index in [1.54, 1.807) is 0 Å². The number of nitrogens with zero attached hydrogens (tertiary/aromatic N) is 4. The first-order valence-electron chi connectivity index (χ1n) is 8.55. The van der Waals surface area contributed by atoms with Crippen molar-refractivity contribution in [2.24, 2.45) is 0 Å². The highest BCUT2D eigenvalue weighted by atomic mass is 16.5. The average Bonchev–Trinajstić information content (AvgIpc) is 3.37. The number of hydrogen-bond donors (Lipinski definition) is 0. The van der Waals surface area contributed by atoms with Gasteiger partial charge in [0.2, 0.25) is 0 Å². The number of rotatable bonds is 4. The Bertz CT molecular complexity index is 792. The molecule has 2 heterocycles. The molecular formula is C19H20N4O. The molecule has 0 spiro atoms. The van der Waals surface area contributed by atoms with Crippen molar-refractivity contribution in [1.29, 1.82) is 5.26 Å². The van der Waals surface area contributed by atoms with Crippen molar-refractivity contribution in [1.82, 2.24) is 14.8 Å². The Morgan fingerprint density at radius 2 is 2.17 bits per heavy atom. The first kappa shape index (κ1) is 15.1. The second kappa shape index (κ2) is 6.58. The third-order valence-electron chi connectivity index (χ3n) is 4.75. The van der Waals surface area contributed by atoms with Crippen LogP contribution in [-0.4, -0.2) is 28.0 Å². The van der Waals surface area contributed by atoms with Crippen molar-refractivity contribution in [3.63, 3.8) is 0 Å². The van der Waals surface area contributed by atoms with Crippen LogP contribution < -0.4 is 0 Å². The van der Waals surface area contributed by atoms with Gasteiger partial charge in [0.05, 0.1) is 23.9 Å². The molecule has 0 unspecified atom stereocenters. The van der Waals surface area contributed by atoms with Gasteiger partial charge < -0.3 is 4.74 Å². The van der Waals surface area contributed by atoms with Gasteiger partial charge in [-0.3, -0.25) is 0 Å². The highest BCUT2D eigenvalue weighted by molar-refractivity contribution is 5.39. The number of hydrogen-bond acceptors (Lipinski definition) is 4. The van der Waals surface area contributed by atoms with Crippen LogP contribution in [0.4, 0.5) is 0 Å². The van der Waals surface area contributed by atoms with Gasteiger partial charge in [0.1, 0.15) is 5.82 Å². The average molecular weight is 320 g/mol. The molecule has 1 fully saturated rings. The van der Waals surface area contributed by atoms with E-state index in [9.17, 15) is 0 Å². The molecule has 0 amide bonds. The van der Waals surface area contributed by atoms with Crippen LogP contribution in [0.25, 0.3) is 5.69 Å². The predicted molar refractivity (Wildman–Crippen MR) is 89.9 cm³/mol. The van der Waals surface area contributed by atoms with Crippen molar-refractivity contribution in [3.8, 4) is 11.8 Å². The Hall–Kier alpha value is -2.45. The number of benzene rings is 1. The summed E-state index contributed by atoms with van der Waals surface area (Å²) in [6.45, 7) is 1.50. The third-order valence-corrected chi connectivity index (χ3v) is 4.75. The molecule has 1 saturated heterocycles. The largest absolute Gasteiger partial charge is 0.381 e. The molecule has 4 rings (SSSR count). The molecule has 122 valence electrons. The van der Waals surface area contributed by atoms with E-state index in [0.29, 0.717) is 18.1 Å². The maximum atomic E-state index is 8.98. The van der Waals surface area contributed by atoms with Gasteiger partial charge in [-0.1, -0.05) is 11.6 Å². The lowest BCUT2D eigenvalue weighted by atomic mass is 10.1. The van der Waals surface area contributed by atoms with Crippen LogP contribution in [0, 0.1) is 11.3 Å². The van der Waals surface area contributed by atoms with Crippen LogP contribution in [0.5, 0.6) is 0 Å². The summed E-state index contributed by atoms with van der Waals surface area (Å²) in [6.07, 6.45) is 7.73. The van der Waals surface area contributed by atoms with Gasteiger partial charge in [0.15, 0.2) is 5.82 Å². The van der Waals surface area contributed by atoms with Crippen molar-refractivity contribution in [3.05, 3.63) is 53.1 Å². The summed E-state index contributed by atoms with van der Waals surface area (Å²) >= 11 is 0. The summed E-state index contributed by atoms with van der Waals surface area (Å²) in [6, 6.07) is 9.69. The molecule has 1 aliphatic heterocycles. The molecule has 24 heavy (non-hydrogen) atoms. The summed E-state index contributed by atoms with van der Waals surface area (Å²) in [5.74, 6) is 2.15. The molecule has 1 aromatic heterocycles. The van der Waals surface area contributed by atoms with Crippen LogP contribution >= 0.6 is 0 Å². The molecular weight excluding hydrogens is 300 g/mol. The quantitative estimate of drug-likeness (QED) is 0.811. The molecule has 2 aliphatic rings. The molecule has 2 aromatic rings. The normalized spacial score (nSPS) is 20.1. The Balaban J connectivity index is 1.70. The summed E-state index contributed by atoms with van der Waals surface area (Å²) in [7, 11) is 0. The van der Waals surface area contributed by atoms with Gasteiger partial charge in [-0.2, -0.15) is 10.4 Å². The molecule has 5 nitrogen and oxygen atoms in total. The lowest BCUT2D eigenvalue weighted by Gasteiger charge is -2.06. The van der Waals surface area contributed by atoms with Gasteiger partial charge in [-0.15, -0.1) is 0 Å². The Labute approximate surface area is 141 Å². The minimum Gasteiger partial charge on any atom is -0.381 e. The molecule has 5 heteroatoms. The molecule has 0 radical (unpaired) electrons. The van der Waals surface area contributed by atoms with Gasteiger partial charge in [-0.05, 0) is 49.9 Å². The number of ether oxygens (including phenoxy) is 1. The first-order valence-corrected chi connectivity index (χ1v) is 8.55. The molecule has 1 aliphatic carbocycles. The fourth-order valence-corrected chi connectivity index (χ4v) is 3.37. The number of nitriles is 1. The second-order valence-corrected chi connectivity index (χ2v) is 6.45. The van der Waals surface area contributed by atoms with Gasteiger partial charge in [-0.25, -0.2) is 9.67 Å². The van der Waals surface area contributed by atoms with Crippen molar-refractivity contribution >= 4 is 0 Å². The zero-order valence-electron chi connectivity index (χ0n) is 13.6. The summed E-state index contributed by atoms with van der Waals surface area (Å²) < 4.78 is 7.43. The Morgan fingerprint density at radius 1 is 1.29 bits per heavy atom. The maximum absolute atomic E-state index is 8.98. The van der Waals surface area contributed by atoms with Crippen LogP contribution in [0.15, 0.2) is 35.9 Å². The van der Waals surface area contributed by atoms with Crippen LogP contribution in [0.2, 0.25) is 0 Å². The fourth-order valence-electron chi connectivity index (χ4n) is 3.37. The van der Waals surface area contributed by atoms with E-state index < -0.39 is 0 Å². The maximum Gasteiger partial charge on any atom is 0.156 e. The fraction of sp³-hybridized carbons (Fsp3) is 0.421. The second-order valence-electron chi connectivity index (χ2n) is 6.45. The van der Waals surface area contributed by atoms with Gasteiger partial charge >= 0.3 is 0 Å². The summed E-state index contributed by atoms with van der Waals surface area (Å²) in [4.78, 5) is 4.84. The molecule has 1 atom stereocenters. The zero-order valence-corrected chi connectivity index (χ0v) is 13.6. The van der Waals surface area contributed by atoms with Gasteiger partial charge in [0, 0.05) is 18.9 Å². The summed E-state index contributed by atoms with van der Waals surface area (Å²) in [5.41, 5.74) is 3.06. The van der Waals surface area contributed by atoms with E-state index in [1.165, 1.54) is 18.4 Å². The monoisotopic (exact) mass is 320 g/mol. The molecule has 0 N–H and O–H groups in total.